The van der Waals surface area contributed by atoms with Crippen LogP contribution in [0.2, 0.25) is 0 Å². The number of phenolic OH excluding ortho intramolecular Hbond substituents is 2. The highest BCUT2D eigenvalue weighted by Gasteiger charge is 2.14. The maximum absolute atomic E-state index is 9.91. The minimum absolute atomic E-state index is 0.0232. The summed E-state index contributed by atoms with van der Waals surface area (Å²) in [5.74, 6) is 1.03. The summed E-state index contributed by atoms with van der Waals surface area (Å²) in [6.07, 6.45) is 0. The monoisotopic (exact) mass is 258 g/mol. The van der Waals surface area contributed by atoms with Crippen molar-refractivity contribution < 1.29 is 14.9 Å². The van der Waals surface area contributed by atoms with Crippen LogP contribution in [0.15, 0.2) is 36.4 Å². The van der Waals surface area contributed by atoms with Gasteiger partial charge in [-0.3, -0.25) is 0 Å². The SMILES string of the molecule is COc1cc(C(C)c2ccc(O)cc2O)ccc1C. The van der Waals surface area contributed by atoms with Crippen molar-refractivity contribution >= 4 is 0 Å². The second-order valence-electron chi connectivity index (χ2n) is 4.69. The molecule has 0 saturated heterocycles. The van der Waals surface area contributed by atoms with Gasteiger partial charge in [0.15, 0.2) is 0 Å². The third kappa shape index (κ3) is 2.65. The highest BCUT2D eigenvalue weighted by atomic mass is 16.5. The topological polar surface area (TPSA) is 49.7 Å². The van der Waals surface area contributed by atoms with Crippen molar-refractivity contribution in [1.82, 2.24) is 0 Å². The summed E-state index contributed by atoms with van der Waals surface area (Å²) in [5.41, 5.74) is 2.92. The Morgan fingerprint density at radius 2 is 1.79 bits per heavy atom. The molecule has 19 heavy (non-hydrogen) atoms. The van der Waals surface area contributed by atoms with Gasteiger partial charge in [0.05, 0.1) is 7.11 Å². The lowest BCUT2D eigenvalue weighted by Crippen LogP contribution is -1.98. The number of hydrogen-bond acceptors (Lipinski definition) is 3. The molecule has 2 aromatic rings. The molecule has 0 spiro atoms. The third-order valence-corrected chi connectivity index (χ3v) is 3.41. The Balaban J connectivity index is 2.40. The lowest BCUT2D eigenvalue weighted by atomic mass is 9.91. The van der Waals surface area contributed by atoms with E-state index in [-0.39, 0.29) is 17.4 Å². The standard InChI is InChI=1S/C16H18O3/c1-10-4-5-12(8-16(10)19-3)11(2)14-7-6-13(17)9-15(14)18/h4-9,11,17-18H,1-3H3. The van der Waals surface area contributed by atoms with E-state index in [9.17, 15) is 10.2 Å². The van der Waals surface area contributed by atoms with Crippen molar-refractivity contribution in [2.45, 2.75) is 19.8 Å². The Morgan fingerprint density at radius 3 is 2.42 bits per heavy atom. The molecule has 1 atom stereocenters. The van der Waals surface area contributed by atoms with Gasteiger partial charge in [-0.05, 0) is 30.2 Å². The van der Waals surface area contributed by atoms with Crippen LogP contribution in [-0.4, -0.2) is 17.3 Å². The first-order chi connectivity index (χ1) is 9.02. The molecule has 100 valence electrons. The van der Waals surface area contributed by atoms with Crippen LogP contribution in [0.25, 0.3) is 0 Å². The first-order valence-electron chi connectivity index (χ1n) is 6.19. The lowest BCUT2D eigenvalue weighted by molar-refractivity contribution is 0.411. The van der Waals surface area contributed by atoms with Gasteiger partial charge in [-0.1, -0.05) is 25.1 Å². The Morgan fingerprint density at radius 1 is 1.05 bits per heavy atom. The first kappa shape index (κ1) is 13.3. The van der Waals surface area contributed by atoms with E-state index < -0.39 is 0 Å². The molecule has 0 aromatic heterocycles. The van der Waals surface area contributed by atoms with Gasteiger partial charge in [0.25, 0.3) is 0 Å². The molecule has 2 aromatic carbocycles. The molecule has 0 bridgehead atoms. The number of ether oxygens (including phenoxy) is 1. The van der Waals surface area contributed by atoms with E-state index in [1.165, 1.54) is 6.07 Å². The van der Waals surface area contributed by atoms with Crippen LogP contribution in [0.4, 0.5) is 0 Å². The van der Waals surface area contributed by atoms with Crippen LogP contribution in [0, 0.1) is 6.92 Å². The number of aryl methyl sites for hydroxylation is 1. The van der Waals surface area contributed by atoms with Gasteiger partial charge < -0.3 is 14.9 Å². The van der Waals surface area contributed by atoms with Crippen LogP contribution < -0.4 is 4.74 Å². The quantitative estimate of drug-likeness (QED) is 0.885. The highest BCUT2D eigenvalue weighted by molar-refractivity contribution is 5.47. The Kier molecular flexibility index (Phi) is 3.65. The summed E-state index contributed by atoms with van der Waals surface area (Å²) in [7, 11) is 1.65. The fraction of sp³-hybridized carbons (Fsp3) is 0.250. The number of benzene rings is 2. The molecule has 0 heterocycles. The summed E-state index contributed by atoms with van der Waals surface area (Å²) >= 11 is 0. The van der Waals surface area contributed by atoms with Crippen LogP contribution in [0.3, 0.4) is 0 Å². The number of phenols is 2. The molecule has 0 saturated carbocycles. The molecule has 3 nitrogen and oxygen atoms in total. The van der Waals surface area contributed by atoms with Crippen molar-refractivity contribution in [3.63, 3.8) is 0 Å². The first-order valence-corrected chi connectivity index (χ1v) is 6.19. The van der Waals surface area contributed by atoms with Crippen LogP contribution in [0.1, 0.15) is 29.5 Å². The van der Waals surface area contributed by atoms with E-state index in [2.05, 4.69) is 0 Å². The number of aromatic hydroxyl groups is 2. The molecule has 0 aliphatic heterocycles. The Hall–Kier alpha value is -2.16. The zero-order valence-electron chi connectivity index (χ0n) is 11.3. The Bertz CT molecular complexity index is 591. The van der Waals surface area contributed by atoms with Crippen molar-refractivity contribution in [3.8, 4) is 17.2 Å². The Labute approximate surface area is 113 Å². The van der Waals surface area contributed by atoms with Crippen LogP contribution in [0.5, 0.6) is 17.2 Å². The molecule has 2 N–H and O–H groups in total. The summed E-state index contributed by atoms with van der Waals surface area (Å²) < 4.78 is 5.32. The van der Waals surface area contributed by atoms with Gasteiger partial charge in [-0.2, -0.15) is 0 Å². The van der Waals surface area contributed by atoms with E-state index in [0.717, 1.165) is 22.4 Å². The largest absolute Gasteiger partial charge is 0.508 e. The number of hydrogen-bond donors (Lipinski definition) is 2. The van der Waals surface area contributed by atoms with Gasteiger partial charge in [0.2, 0.25) is 0 Å². The van der Waals surface area contributed by atoms with Crippen LogP contribution in [-0.2, 0) is 0 Å². The maximum Gasteiger partial charge on any atom is 0.123 e. The summed E-state index contributed by atoms with van der Waals surface area (Å²) in [6, 6.07) is 10.7. The molecular formula is C16H18O3. The van der Waals surface area contributed by atoms with Gasteiger partial charge in [-0.25, -0.2) is 0 Å². The van der Waals surface area contributed by atoms with Crippen molar-refractivity contribution in [3.05, 3.63) is 53.1 Å². The normalized spacial score (nSPS) is 12.2. The fourth-order valence-corrected chi connectivity index (χ4v) is 2.18. The van der Waals surface area contributed by atoms with E-state index in [0.29, 0.717) is 0 Å². The molecule has 1 unspecified atom stereocenters. The number of methoxy groups -OCH3 is 1. The van der Waals surface area contributed by atoms with Crippen molar-refractivity contribution in [2.24, 2.45) is 0 Å². The molecule has 0 aliphatic carbocycles. The fourth-order valence-electron chi connectivity index (χ4n) is 2.18. The van der Waals surface area contributed by atoms with Crippen molar-refractivity contribution in [2.75, 3.05) is 7.11 Å². The second-order valence-corrected chi connectivity index (χ2v) is 4.69. The van der Waals surface area contributed by atoms with Gasteiger partial charge in [0.1, 0.15) is 17.2 Å². The number of rotatable bonds is 3. The molecule has 3 heteroatoms. The molecule has 0 radical (unpaired) electrons. The molecule has 0 amide bonds. The molecular weight excluding hydrogens is 240 g/mol. The highest BCUT2D eigenvalue weighted by Crippen LogP contribution is 2.34. The van der Waals surface area contributed by atoms with E-state index in [4.69, 9.17) is 4.74 Å². The summed E-state index contributed by atoms with van der Waals surface area (Å²) in [4.78, 5) is 0. The van der Waals surface area contributed by atoms with E-state index >= 15 is 0 Å². The molecule has 0 aliphatic rings. The lowest BCUT2D eigenvalue weighted by Gasteiger charge is -2.16. The maximum atomic E-state index is 9.91. The average Bonchev–Trinajstić information content (AvgIpc) is 2.38. The second kappa shape index (κ2) is 5.22. The third-order valence-electron chi connectivity index (χ3n) is 3.41. The molecule has 0 fully saturated rings. The molecule has 2 rings (SSSR count). The van der Waals surface area contributed by atoms with Crippen molar-refractivity contribution in [1.29, 1.82) is 0 Å². The van der Waals surface area contributed by atoms with Gasteiger partial charge in [0, 0.05) is 17.5 Å². The van der Waals surface area contributed by atoms with Crippen LogP contribution >= 0.6 is 0 Å². The minimum Gasteiger partial charge on any atom is -0.508 e. The van der Waals surface area contributed by atoms with Gasteiger partial charge >= 0.3 is 0 Å². The van der Waals surface area contributed by atoms with Gasteiger partial charge in [-0.15, -0.1) is 0 Å². The summed E-state index contributed by atoms with van der Waals surface area (Å²) in [6.45, 7) is 4.00. The van der Waals surface area contributed by atoms with E-state index in [1.807, 2.05) is 32.0 Å². The predicted molar refractivity (Wildman–Crippen MR) is 75.0 cm³/mol. The average molecular weight is 258 g/mol. The smallest absolute Gasteiger partial charge is 0.123 e. The van der Waals surface area contributed by atoms with E-state index in [1.54, 1.807) is 19.2 Å². The zero-order chi connectivity index (χ0) is 14.0. The zero-order valence-corrected chi connectivity index (χ0v) is 11.3. The summed E-state index contributed by atoms with van der Waals surface area (Å²) in [5, 5.41) is 19.2. The predicted octanol–water partition coefficient (Wildman–Crippen LogP) is 3.57. The minimum atomic E-state index is 0.0232.